The summed E-state index contributed by atoms with van der Waals surface area (Å²) in [7, 11) is 0. The van der Waals surface area contributed by atoms with Gasteiger partial charge in [-0.2, -0.15) is 0 Å². The molecule has 4 heteroatoms. The first kappa shape index (κ1) is 14.6. The second-order valence-corrected chi connectivity index (χ2v) is 5.72. The molecule has 2 unspecified atom stereocenters. The van der Waals surface area contributed by atoms with Crippen LogP contribution in [0.4, 0.5) is 0 Å². The van der Waals surface area contributed by atoms with Crippen LogP contribution in [0.5, 0.6) is 5.75 Å². The summed E-state index contributed by atoms with van der Waals surface area (Å²) in [4.78, 5) is 12.3. The number of nitrogens with one attached hydrogen (secondary N) is 1. The van der Waals surface area contributed by atoms with Crippen LogP contribution in [0.2, 0.25) is 0 Å². The Hall–Kier alpha value is -2.33. The fourth-order valence-corrected chi connectivity index (χ4v) is 2.64. The van der Waals surface area contributed by atoms with E-state index in [1.807, 2.05) is 55.5 Å². The summed E-state index contributed by atoms with van der Waals surface area (Å²) in [6, 6.07) is 14.9. The lowest BCUT2D eigenvalue weighted by atomic mass is 10.0. The van der Waals surface area contributed by atoms with Gasteiger partial charge in [0.2, 0.25) is 5.91 Å². The molecule has 22 heavy (non-hydrogen) atoms. The van der Waals surface area contributed by atoms with Gasteiger partial charge in [-0.3, -0.25) is 4.79 Å². The predicted molar refractivity (Wildman–Crippen MR) is 85.7 cm³/mol. The minimum Gasteiger partial charge on any atom is -0.491 e. The molecule has 3 N–H and O–H groups in total. The summed E-state index contributed by atoms with van der Waals surface area (Å²) in [6.45, 7) is 2.48. The van der Waals surface area contributed by atoms with Gasteiger partial charge in [-0.15, -0.1) is 0 Å². The molecule has 0 aromatic heterocycles. The molecule has 2 aromatic rings. The molecule has 2 aromatic carbocycles. The molecule has 114 valence electrons. The van der Waals surface area contributed by atoms with E-state index in [0.29, 0.717) is 6.61 Å². The van der Waals surface area contributed by atoms with Crippen LogP contribution in [0, 0.1) is 6.92 Å². The third-order valence-corrected chi connectivity index (χ3v) is 3.94. The second kappa shape index (κ2) is 6.20. The number of carbonyl (C=O) groups is 1. The van der Waals surface area contributed by atoms with Gasteiger partial charge >= 0.3 is 0 Å². The Morgan fingerprint density at radius 3 is 2.73 bits per heavy atom. The Kier molecular flexibility index (Phi) is 4.11. The van der Waals surface area contributed by atoms with E-state index >= 15 is 0 Å². The second-order valence-electron chi connectivity index (χ2n) is 5.72. The van der Waals surface area contributed by atoms with Crippen molar-refractivity contribution < 1.29 is 9.53 Å². The van der Waals surface area contributed by atoms with Crippen LogP contribution in [-0.2, 0) is 11.2 Å². The predicted octanol–water partition coefficient (Wildman–Crippen LogP) is 2.11. The summed E-state index contributed by atoms with van der Waals surface area (Å²) in [5.41, 5.74) is 9.13. The van der Waals surface area contributed by atoms with Gasteiger partial charge in [-0.1, -0.05) is 48.0 Å². The van der Waals surface area contributed by atoms with Crippen LogP contribution < -0.4 is 15.8 Å². The van der Waals surface area contributed by atoms with Crippen molar-refractivity contribution >= 4 is 5.91 Å². The zero-order valence-corrected chi connectivity index (χ0v) is 12.6. The highest BCUT2D eigenvalue weighted by atomic mass is 16.5. The number of rotatable bonds is 3. The van der Waals surface area contributed by atoms with E-state index in [1.165, 1.54) is 0 Å². The Balaban J connectivity index is 1.64. The largest absolute Gasteiger partial charge is 0.491 e. The first-order valence-electron chi connectivity index (χ1n) is 7.47. The molecule has 1 amide bonds. The lowest BCUT2D eigenvalue weighted by molar-refractivity contribution is -0.123. The van der Waals surface area contributed by atoms with E-state index in [-0.39, 0.29) is 11.9 Å². The molecule has 1 heterocycles. The number of amides is 1. The zero-order chi connectivity index (χ0) is 15.5. The van der Waals surface area contributed by atoms with Crippen molar-refractivity contribution in [3.05, 3.63) is 65.2 Å². The van der Waals surface area contributed by atoms with Gasteiger partial charge in [-0.25, -0.2) is 0 Å². The lowest BCUT2D eigenvalue weighted by Crippen LogP contribution is -2.46. The number of hydrogen-bond donors (Lipinski definition) is 2. The lowest BCUT2D eigenvalue weighted by Gasteiger charge is -2.27. The maximum Gasteiger partial charge on any atom is 0.241 e. The molecule has 0 aliphatic carbocycles. The number of aryl methyl sites for hydroxylation is 1. The van der Waals surface area contributed by atoms with Crippen molar-refractivity contribution in [2.75, 3.05) is 6.61 Å². The number of nitrogens with two attached hydrogens (primary N) is 1. The number of para-hydroxylation sites is 1. The highest BCUT2D eigenvalue weighted by Crippen LogP contribution is 2.24. The first-order valence-corrected chi connectivity index (χ1v) is 7.47. The first-order chi connectivity index (χ1) is 10.6. The molecule has 1 aliphatic heterocycles. The van der Waals surface area contributed by atoms with E-state index < -0.39 is 6.04 Å². The number of ether oxygens (including phenoxy) is 1. The van der Waals surface area contributed by atoms with Crippen molar-refractivity contribution in [2.24, 2.45) is 5.73 Å². The minimum absolute atomic E-state index is 0.0427. The molecular weight excluding hydrogens is 276 g/mol. The minimum atomic E-state index is -0.655. The third-order valence-electron chi connectivity index (χ3n) is 3.94. The molecule has 0 fully saturated rings. The van der Waals surface area contributed by atoms with Gasteiger partial charge < -0.3 is 15.8 Å². The zero-order valence-electron chi connectivity index (χ0n) is 12.6. The molecule has 0 radical (unpaired) electrons. The van der Waals surface area contributed by atoms with Crippen molar-refractivity contribution in [1.82, 2.24) is 5.32 Å². The summed E-state index contributed by atoms with van der Waals surface area (Å²) in [6.07, 6.45) is 0.766. The van der Waals surface area contributed by atoms with E-state index in [2.05, 4.69) is 5.32 Å². The van der Waals surface area contributed by atoms with Crippen molar-refractivity contribution in [3.8, 4) is 5.75 Å². The topological polar surface area (TPSA) is 64.4 Å². The van der Waals surface area contributed by atoms with Crippen molar-refractivity contribution in [2.45, 2.75) is 25.4 Å². The number of carbonyl (C=O) groups excluding carboxylic acids is 1. The van der Waals surface area contributed by atoms with Gasteiger partial charge in [0, 0.05) is 0 Å². The van der Waals surface area contributed by atoms with E-state index in [9.17, 15) is 4.79 Å². The average Bonchev–Trinajstić information content (AvgIpc) is 2.55. The molecule has 0 bridgehead atoms. The summed E-state index contributed by atoms with van der Waals surface area (Å²) < 4.78 is 5.68. The summed E-state index contributed by atoms with van der Waals surface area (Å²) in [5, 5.41) is 2.98. The van der Waals surface area contributed by atoms with Gasteiger partial charge in [0.1, 0.15) is 18.4 Å². The van der Waals surface area contributed by atoms with Crippen LogP contribution in [0.15, 0.2) is 48.5 Å². The van der Waals surface area contributed by atoms with Crippen LogP contribution in [-0.4, -0.2) is 18.6 Å². The van der Waals surface area contributed by atoms with Crippen molar-refractivity contribution in [3.63, 3.8) is 0 Å². The summed E-state index contributed by atoms with van der Waals surface area (Å²) in [5.74, 6) is 0.729. The van der Waals surface area contributed by atoms with Crippen molar-refractivity contribution in [1.29, 1.82) is 0 Å². The Labute approximate surface area is 130 Å². The molecule has 0 saturated carbocycles. The maximum absolute atomic E-state index is 12.3. The molecule has 1 aliphatic rings. The highest BCUT2D eigenvalue weighted by Gasteiger charge is 2.24. The molecule has 0 saturated heterocycles. The van der Waals surface area contributed by atoms with Crippen LogP contribution in [0.25, 0.3) is 0 Å². The van der Waals surface area contributed by atoms with Crippen LogP contribution in [0.3, 0.4) is 0 Å². The average molecular weight is 296 g/mol. The molecule has 4 nitrogen and oxygen atoms in total. The van der Waals surface area contributed by atoms with E-state index in [1.54, 1.807) is 0 Å². The quantitative estimate of drug-likeness (QED) is 0.912. The Morgan fingerprint density at radius 2 is 1.95 bits per heavy atom. The maximum atomic E-state index is 12.3. The number of fused-ring (bicyclic) bond motifs is 1. The fraction of sp³-hybridized carbons (Fsp3) is 0.278. The molecule has 2 atom stereocenters. The third kappa shape index (κ3) is 3.12. The molecular formula is C18H20N2O2. The summed E-state index contributed by atoms with van der Waals surface area (Å²) >= 11 is 0. The van der Waals surface area contributed by atoms with Crippen LogP contribution in [0.1, 0.15) is 22.7 Å². The smallest absolute Gasteiger partial charge is 0.241 e. The standard InChI is InChI=1S/C18H20N2O2/c1-12-6-8-13(9-7-12)17(19)18(21)20-15-10-14-4-2-3-5-16(14)22-11-15/h2-9,15,17H,10-11,19H2,1H3,(H,20,21). The number of hydrogen-bond acceptors (Lipinski definition) is 3. The SMILES string of the molecule is Cc1ccc(C(N)C(=O)NC2COc3ccccc3C2)cc1. The van der Waals surface area contributed by atoms with Gasteiger partial charge in [-0.05, 0) is 30.5 Å². The highest BCUT2D eigenvalue weighted by molar-refractivity contribution is 5.83. The Bertz CT molecular complexity index is 667. The fourth-order valence-electron chi connectivity index (χ4n) is 2.64. The molecule has 0 spiro atoms. The van der Waals surface area contributed by atoms with Gasteiger partial charge in [0.25, 0.3) is 0 Å². The number of benzene rings is 2. The Morgan fingerprint density at radius 1 is 1.23 bits per heavy atom. The normalized spacial score (nSPS) is 18.0. The van der Waals surface area contributed by atoms with Gasteiger partial charge in [0.15, 0.2) is 0 Å². The monoisotopic (exact) mass is 296 g/mol. The van der Waals surface area contributed by atoms with Crippen LogP contribution >= 0.6 is 0 Å². The van der Waals surface area contributed by atoms with E-state index in [4.69, 9.17) is 10.5 Å². The van der Waals surface area contributed by atoms with E-state index in [0.717, 1.165) is 28.9 Å². The van der Waals surface area contributed by atoms with Gasteiger partial charge in [0.05, 0.1) is 6.04 Å². The molecule has 3 rings (SSSR count).